The summed E-state index contributed by atoms with van der Waals surface area (Å²) in [4.78, 5) is 44.0. The highest BCUT2D eigenvalue weighted by Gasteiger charge is 2.24. The number of hydrogen-bond donors (Lipinski definition) is 0. The van der Waals surface area contributed by atoms with Crippen molar-refractivity contribution in [2.75, 3.05) is 59.9 Å². The van der Waals surface area contributed by atoms with Gasteiger partial charge in [0, 0.05) is 65.1 Å². The molecular formula is C18H32N4O3. The minimum absolute atomic E-state index is 0.103. The van der Waals surface area contributed by atoms with Crippen molar-refractivity contribution in [3.05, 3.63) is 0 Å². The summed E-state index contributed by atoms with van der Waals surface area (Å²) in [6, 6.07) is 0. The Hall–Kier alpha value is -1.63. The standard InChI is InChI=1S/C18H32N4O3/c1-19(2)12-13-22-15-14-21(11-8-18(22)25)17(24)7-5-10-20-9-4-3-6-16(20)23/h3-15H2,1-2H3. The summed E-state index contributed by atoms with van der Waals surface area (Å²) >= 11 is 0. The molecule has 0 aliphatic carbocycles. The Kier molecular flexibility index (Phi) is 7.68. The van der Waals surface area contributed by atoms with Gasteiger partial charge in [0.1, 0.15) is 0 Å². The molecule has 0 aromatic carbocycles. The van der Waals surface area contributed by atoms with Crippen LogP contribution in [-0.2, 0) is 14.4 Å². The molecule has 2 saturated heterocycles. The maximum absolute atomic E-state index is 12.4. The van der Waals surface area contributed by atoms with Crippen LogP contribution in [-0.4, -0.2) is 97.2 Å². The molecule has 0 saturated carbocycles. The van der Waals surface area contributed by atoms with Crippen LogP contribution in [0.15, 0.2) is 0 Å². The van der Waals surface area contributed by atoms with Crippen LogP contribution in [0.4, 0.5) is 0 Å². The molecule has 0 aromatic rings. The quantitative estimate of drug-likeness (QED) is 0.665. The molecule has 142 valence electrons. The maximum Gasteiger partial charge on any atom is 0.224 e. The predicted molar refractivity (Wildman–Crippen MR) is 96.0 cm³/mol. The average Bonchev–Trinajstić information content (AvgIpc) is 2.76. The molecule has 2 aliphatic rings. The molecule has 0 atom stereocenters. The summed E-state index contributed by atoms with van der Waals surface area (Å²) in [5, 5.41) is 0. The second-order valence-corrected chi connectivity index (χ2v) is 7.26. The fraction of sp³-hybridized carbons (Fsp3) is 0.833. The third-order valence-corrected chi connectivity index (χ3v) is 5.00. The fourth-order valence-corrected chi connectivity index (χ4v) is 3.35. The minimum atomic E-state index is 0.103. The Morgan fingerprint density at radius 3 is 2.36 bits per heavy atom. The van der Waals surface area contributed by atoms with Crippen molar-refractivity contribution in [1.29, 1.82) is 0 Å². The molecule has 0 bridgehead atoms. The molecular weight excluding hydrogens is 320 g/mol. The molecule has 0 radical (unpaired) electrons. The van der Waals surface area contributed by atoms with Gasteiger partial charge in [0.2, 0.25) is 17.7 Å². The molecule has 7 nitrogen and oxygen atoms in total. The summed E-state index contributed by atoms with van der Waals surface area (Å²) in [6.07, 6.45) is 4.26. The third-order valence-electron chi connectivity index (χ3n) is 5.00. The molecule has 2 rings (SSSR count). The topological polar surface area (TPSA) is 64.2 Å². The Labute approximate surface area is 150 Å². The van der Waals surface area contributed by atoms with Crippen molar-refractivity contribution in [2.45, 2.75) is 38.5 Å². The Balaban J connectivity index is 1.72. The van der Waals surface area contributed by atoms with Gasteiger partial charge in [0.15, 0.2) is 0 Å². The molecule has 2 fully saturated rings. The lowest BCUT2D eigenvalue weighted by Crippen LogP contribution is -2.39. The zero-order chi connectivity index (χ0) is 18.2. The highest BCUT2D eigenvalue weighted by molar-refractivity contribution is 5.80. The van der Waals surface area contributed by atoms with E-state index in [2.05, 4.69) is 4.90 Å². The van der Waals surface area contributed by atoms with Crippen molar-refractivity contribution in [3.63, 3.8) is 0 Å². The van der Waals surface area contributed by atoms with Crippen LogP contribution in [0, 0.1) is 0 Å². The number of carbonyl (C=O) groups is 3. The number of rotatable bonds is 7. The molecule has 0 unspecified atom stereocenters. The molecule has 7 heteroatoms. The second kappa shape index (κ2) is 9.75. The van der Waals surface area contributed by atoms with Crippen LogP contribution in [0.25, 0.3) is 0 Å². The van der Waals surface area contributed by atoms with E-state index in [1.165, 1.54) is 0 Å². The monoisotopic (exact) mass is 352 g/mol. The van der Waals surface area contributed by atoms with Gasteiger partial charge in [-0.15, -0.1) is 0 Å². The van der Waals surface area contributed by atoms with Gasteiger partial charge in [0.05, 0.1) is 0 Å². The van der Waals surface area contributed by atoms with Gasteiger partial charge >= 0.3 is 0 Å². The molecule has 0 N–H and O–H groups in total. The lowest BCUT2D eigenvalue weighted by atomic mass is 10.1. The lowest BCUT2D eigenvalue weighted by Gasteiger charge is -2.27. The van der Waals surface area contributed by atoms with Crippen molar-refractivity contribution < 1.29 is 14.4 Å². The Morgan fingerprint density at radius 1 is 0.920 bits per heavy atom. The average molecular weight is 352 g/mol. The van der Waals surface area contributed by atoms with Crippen LogP contribution in [0.1, 0.15) is 38.5 Å². The first-order chi connectivity index (χ1) is 12.0. The van der Waals surface area contributed by atoms with Gasteiger partial charge in [-0.05, 0) is 33.4 Å². The number of likely N-dealkylation sites (tertiary alicyclic amines) is 1. The zero-order valence-electron chi connectivity index (χ0n) is 15.7. The predicted octanol–water partition coefficient (Wildman–Crippen LogP) is 0.402. The van der Waals surface area contributed by atoms with E-state index >= 15 is 0 Å². The molecule has 3 amide bonds. The van der Waals surface area contributed by atoms with Gasteiger partial charge in [-0.25, -0.2) is 0 Å². The zero-order valence-corrected chi connectivity index (χ0v) is 15.7. The summed E-state index contributed by atoms with van der Waals surface area (Å²) in [6.45, 7) is 4.79. The van der Waals surface area contributed by atoms with E-state index in [4.69, 9.17) is 0 Å². The molecule has 25 heavy (non-hydrogen) atoms. The highest BCUT2D eigenvalue weighted by atomic mass is 16.2. The SMILES string of the molecule is CN(C)CCN1CCN(C(=O)CCCN2CCCCC2=O)CCC1=O. The van der Waals surface area contributed by atoms with Crippen LogP contribution in [0.5, 0.6) is 0 Å². The summed E-state index contributed by atoms with van der Waals surface area (Å²) in [7, 11) is 3.98. The van der Waals surface area contributed by atoms with E-state index in [9.17, 15) is 14.4 Å². The largest absolute Gasteiger partial charge is 0.343 e. The lowest BCUT2D eigenvalue weighted by molar-refractivity contribution is -0.135. The Morgan fingerprint density at radius 2 is 1.64 bits per heavy atom. The molecule has 2 heterocycles. The van der Waals surface area contributed by atoms with Crippen LogP contribution < -0.4 is 0 Å². The minimum Gasteiger partial charge on any atom is -0.343 e. The summed E-state index contributed by atoms with van der Waals surface area (Å²) in [5.74, 6) is 0.457. The van der Waals surface area contributed by atoms with E-state index in [1.54, 1.807) is 0 Å². The van der Waals surface area contributed by atoms with Crippen molar-refractivity contribution in [3.8, 4) is 0 Å². The number of piperidine rings is 1. The van der Waals surface area contributed by atoms with E-state index in [-0.39, 0.29) is 17.7 Å². The van der Waals surface area contributed by atoms with Gasteiger partial charge in [0.25, 0.3) is 0 Å². The molecule has 0 spiro atoms. The van der Waals surface area contributed by atoms with Gasteiger partial charge in [-0.3, -0.25) is 14.4 Å². The number of likely N-dealkylation sites (N-methyl/N-ethyl adjacent to an activating group) is 1. The summed E-state index contributed by atoms with van der Waals surface area (Å²) in [5.41, 5.74) is 0. The molecule has 2 aliphatic heterocycles. The van der Waals surface area contributed by atoms with E-state index in [1.807, 2.05) is 28.8 Å². The third kappa shape index (κ3) is 6.30. The van der Waals surface area contributed by atoms with Gasteiger partial charge in [-0.2, -0.15) is 0 Å². The second-order valence-electron chi connectivity index (χ2n) is 7.26. The maximum atomic E-state index is 12.4. The van der Waals surface area contributed by atoms with Crippen molar-refractivity contribution >= 4 is 17.7 Å². The number of nitrogens with zero attached hydrogens (tertiary/aromatic N) is 4. The first kappa shape index (κ1) is 19.7. The summed E-state index contributed by atoms with van der Waals surface area (Å²) < 4.78 is 0. The first-order valence-corrected chi connectivity index (χ1v) is 9.45. The fourth-order valence-electron chi connectivity index (χ4n) is 3.35. The first-order valence-electron chi connectivity index (χ1n) is 9.45. The van der Waals surface area contributed by atoms with Gasteiger partial charge in [-0.1, -0.05) is 0 Å². The van der Waals surface area contributed by atoms with Crippen molar-refractivity contribution in [2.24, 2.45) is 0 Å². The van der Waals surface area contributed by atoms with Crippen LogP contribution in [0.2, 0.25) is 0 Å². The van der Waals surface area contributed by atoms with E-state index in [0.717, 1.165) is 25.9 Å². The number of hydrogen-bond acceptors (Lipinski definition) is 4. The van der Waals surface area contributed by atoms with E-state index in [0.29, 0.717) is 58.4 Å². The highest BCUT2D eigenvalue weighted by Crippen LogP contribution is 2.12. The normalized spacial score (nSPS) is 19.6. The van der Waals surface area contributed by atoms with Crippen LogP contribution >= 0.6 is 0 Å². The van der Waals surface area contributed by atoms with E-state index < -0.39 is 0 Å². The number of amides is 3. The van der Waals surface area contributed by atoms with Gasteiger partial charge < -0.3 is 19.6 Å². The Bertz CT molecular complexity index is 481. The smallest absolute Gasteiger partial charge is 0.224 e. The molecule has 0 aromatic heterocycles. The van der Waals surface area contributed by atoms with Crippen molar-refractivity contribution in [1.82, 2.24) is 19.6 Å². The number of carbonyl (C=O) groups excluding carboxylic acids is 3. The van der Waals surface area contributed by atoms with Crippen LogP contribution in [0.3, 0.4) is 0 Å².